The monoisotopic (exact) mass is 181 g/mol. The van der Waals surface area contributed by atoms with Crippen LogP contribution in [0, 0.1) is 0 Å². The van der Waals surface area contributed by atoms with Gasteiger partial charge in [-0.3, -0.25) is 4.98 Å². The lowest BCUT2D eigenvalue weighted by Crippen LogP contribution is -2.06. The summed E-state index contributed by atoms with van der Waals surface area (Å²) in [7, 11) is 1.57. The zero-order chi connectivity index (χ0) is 9.68. The van der Waals surface area contributed by atoms with Gasteiger partial charge in [0.25, 0.3) is 0 Å². The Balaban J connectivity index is 2.84. The first-order chi connectivity index (χ1) is 6.25. The van der Waals surface area contributed by atoms with Crippen molar-refractivity contribution in [2.75, 3.05) is 13.7 Å². The average Bonchev–Trinajstić information content (AvgIpc) is 2.15. The van der Waals surface area contributed by atoms with E-state index in [2.05, 4.69) is 4.98 Å². The second kappa shape index (κ2) is 4.57. The summed E-state index contributed by atoms with van der Waals surface area (Å²) in [6.45, 7) is 0.483. The molecule has 1 rings (SSSR count). The van der Waals surface area contributed by atoms with E-state index < -0.39 is 5.97 Å². The summed E-state index contributed by atoms with van der Waals surface area (Å²) in [6, 6.07) is 3.15. The lowest BCUT2D eigenvalue weighted by molar-refractivity contribution is 0.0694. The molecule has 0 bridgehead atoms. The van der Waals surface area contributed by atoms with Crippen LogP contribution in [0.3, 0.4) is 0 Å². The molecule has 1 aromatic heterocycles. The van der Waals surface area contributed by atoms with E-state index in [4.69, 9.17) is 9.84 Å². The van der Waals surface area contributed by atoms with E-state index in [1.165, 1.54) is 0 Å². The highest BCUT2D eigenvalue weighted by Crippen LogP contribution is 2.05. The Labute approximate surface area is 76.2 Å². The Morgan fingerprint density at radius 2 is 2.46 bits per heavy atom. The van der Waals surface area contributed by atoms with Crippen molar-refractivity contribution >= 4 is 5.97 Å². The maximum absolute atomic E-state index is 10.7. The van der Waals surface area contributed by atoms with Crippen molar-refractivity contribution in [2.24, 2.45) is 0 Å². The predicted octanol–water partition coefficient (Wildman–Crippen LogP) is 0.969. The summed E-state index contributed by atoms with van der Waals surface area (Å²) >= 11 is 0. The molecule has 0 spiro atoms. The quantitative estimate of drug-likeness (QED) is 0.751. The molecular weight excluding hydrogens is 170 g/mol. The summed E-state index contributed by atoms with van der Waals surface area (Å²) in [5, 5.41) is 8.78. The van der Waals surface area contributed by atoms with Crippen LogP contribution in [0.1, 0.15) is 16.1 Å². The molecule has 0 unspecified atom stereocenters. The topological polar surface area (TPSA) is 59.4 Å². The number of aromatic nitrogens is 1. The van der Waals surface area contributed by atoms with Gasteiger partial charge < -0.3 is 9.84 Å². The molecule has 0 saturated carbocycles. The number of hydrogen-bond acceptors (Lipinski definition) is 3. The van der Waals surface area contributed by atoms with Crippen LogP contribution < -0.4 is 0 Å². The predicted molar refractivity (Wildman–Crippen MR) is 46.8 cm³/mol. The molecule has 1 N–H and O–H groups in total. The minimum Gasteiger partial charge on any atom is -0.478 e. The minimum atomic E-state index is -0.945. The normalized spacial score (nSPS) is 9.92. The van der Waals surface area contributed by atoms with E-state index >= 15 is 0 Å². The van der Waals surface area contributed by atoms with Crippen molar-refractivity contribution in [3.05, 3.63) is 29.6 Å². The Kier molecular flexibility index (Phi) is 3.40. The molecule has 0 aromatic carbocycles. The number of hydrogen-bond donors (Lipinski definition) is 1. The van der Waals surface area contributed by atoms with Crippen LogP contribution in [0.25, 0.3) is 0 Å². The van der Waals surface area contributed by atoms with Gasteiger partial charge in [0.1, 0.15) is 0 Å². The number of rotatable bonds is 4. The summed E-state index contributed by atoms with van der Waals surface area (Å²) in [5.41, 5.74) is 0.816. The van der Waals surface area contributed by atoms with E-state index in [-0.39, 0.29) is 5.56 Å². The first-order valence-electron chi connectivity index (χ1n) is 3.92. The van der Waals surface area contributed by atoms with Crippen molar-refractivity contribution < 1.29 is 14.6 Å². The molecule has 0 saturated heterocycles. The second-order valence-electron chi connectivity index (χ2n) is 2.55. The molecule has 1 aromatic rings. The first-order valence-corrected chi connectivity index (χ1v) is 3.92. The second-order valence-corrected chi connectivity index (χ2v) is 2.55. The van der Waals surface area contributed by atoms with Gasteiger partial charge in [-0.25, -0.2) is 4.79 Å². The summed E-state index contributed by atoms with van der Waals surface area (Å²) in [4.78, 5) is 14.7. The number of carboxylic acid groups (broad SMARTS) is 1. The number of carboxylic acids is 1. The van der Waals surface area contributed by atoms with Crippen molar-refractivity contribution in [1.29, 1.82) is 0 Å². The van der Waals surface area contributed by atoms with Gasteiger partial charge in [-0.2, -0.15) is 0 Å². The van der Waals surface area contributed by atoms with Gasteiger partial charge in [0.15, 0.2) is 0 Å². The molecule has 0 fully saturated rings. The van der Waals surface area contributed by atoms with Crippen LogP contribution in [0.2, 0.25) is 0 Å². The van der Waals surface area contributed by atoms with Gasteiger partial charge in [0, 0.05) is 19.7 Å². The molecule has 4 heteroatoms. The molecule has 4 nitrogen and oxygen atoms in total. The Morgan fingerprint density at radius 3 is 3.08 bits per heavy atom. The van der Waals surface area contributed by atoms with Crippen LogP contribution in [0.5, 0.6) is 0 Å². The molecule has 70 valence electrons. The number of aromatic carboxylic acids is 1. The van der Waals surface area contributed by atoms with Crippen LogP contribution in [0.15, 0.2) is 18.3 Å². The van der Waals surface area contributed by atoms with Gasteiger partial charge in [-0.15, -0.1) is 0 Å². The van der Waals surface area contributed by atoms with E-state index in [0.29, 0.717) is 18.7 Å². The maximum Gasteiger partial charge on any atom is 0.337 e. The van der Waals surface area contributed by atoms with Crippen molar-refractivity contribution in [3.8, 4) is 0 Å². The van der Waals surface area contributed by atoms with Crippen LogP contribution >= 0.6 is 0 Å². The molecule has 0 aliphatic rings. The fraction of sp³-hybridized carbons (Fsp3) is 0.333. The largest absolute Gasteiger partial charge is 0.478 e. The zero-order valence-electron chi connectivity index (χ0n) is 7.36. The van der Waals surface area contributed by atoms with Crippen LogP contribution in [0.4, 0.5) is 0 Å². The first kappa shape index (κ1) is 9.67. The Hall–Kier alpha value is -1.42. The third-order valence-corrected chi connectivity index (χ3v) is 1.66. The van der Waals surface area contributed by atoms with Gasteiger partial charge in [0.05, 0.1) is 17.9 Å². The number of carbonyl (C=O) groups is 1. The third kappa shape index (κ3) is 2.52. The molecule has 0 aliphatic heterocycles. The molecule has 13 heavy (non-hydrogen) atoms. The number of ether oxygens (including phenoxy) is 1. The van der Waals surface area contributed by atoms with E-state index in [9.17, 15) is 4.79 Å². The number of nitrogens with zero attached hydrogens (tertiary/aromatic N) is 1. The highest BCUT2D eigenvalue weighted by atomic mass is 16.5. The standard InChI is InChI=1S/C9H11NO3/c1-13-6-4-8-7(9(11)12)3-2-5-10-8/h2-3,5H,4,6H2,1H3,(H,11,12). The van der Waals surface area contributed by atoms with Gasteiger partial charge in [-0.05, 0) is 12.1 Å². The van der Waals surface area contributed by atoms with Crippen molar-refractivity contribution in [1.82, 2.24) is 4.98 Å². The summed E-state index contributed by atoms with van der Waals surface area (Å²) in [6.07, 6.45) is 2.11. The minimum absolute atomic E-state index is 0.250. The summed E-state index contributed by atoms with van der Waals surface area (Å²) in [5.74, 6) is -0.945. The van der Waals surface area contributed by atoms with Gasteiger partial charge in [0.2, 0.25) is 0 Å². The molecule has 0 radical (unpaired) electrons. The van der Waals surface area contributed by atoms with E-state index in [1.54, 1.807) is 25.4 Å². The average molecular weight is 181 g/mol. The molecular formula is C9H11NO3. The SMILES string of the molecule is COCCc1ncccc1C(=O)O. The van der Waals surface area contributed by atoms with Crippen LogP contribution in [-0.2, 0) is 11.2 Å². The Morgan fingerprint density at radius 1 is 1.69 bits per heavy atom. The lowest BCUT2D eigenvalue weighted by atomic mass is 10.1. The van der Waals surface area contributed by atoms with Gasteiger partial charge in [-0.1, -0.05) is 0 Å². The zero-order valence-corrected chi connectivity index (χ0v) is 7.36. The lowest BCUT2D eigenvalue weighted by Gasteiger charge is -2.02. The van der Waals surface area contributed by atoms with E-state index in [0.717, 1.165) is 0 Å². The number of methoxy groups -OCH3 is 1. The summed E-state index contributed by atoms with van der Waals surface area (Å²) < 4.78 is 4.85. The van der Waals surface area contributed by atoms with Crippen LogP contribution in [-0.4, -0.2) is 29.8 Å². The highest BCUT2D eigenvalue weighted by molar-refractivity contribution is 5.88. The van der Waals surface area contributed by atoms with Crippen molar-refractivity contribution in [2.45, 2.75) is 6.42 Å². The molecule has 0 amide bonds. The smallest absolute Gasteiger partial charge is 0.337 e. The third-order valence-electron chi connectivity index (χ3n) is 1.66. The molecule has 0 atom stereocenters. The fourth-order valence-corrected chi connectivity index (χ4v) is 1.03. The molecule has 0 aliphatic carbocycles. The van der Waals surface area contributed by atoms with Crippen molar-refractivity contribution in [3.63, 3.8) is 0 Å². The molecule has 1 heterocycles. The van der Waals surface area contributed by atoms with E-state index in [1.807, 2.05) is 0 Å². The maximum atomic E-state index is 10.7. The number of pyridine rings is 1. The van der Waals surface area contributed by atoms with Gasteiger partial charge >= 0.3 is 5.97 Å². The highest BCUT2D eigenvalue weighted by Gasteiger charge is 2.09. The fourth-order valence-electron chi connectivity index (χ4n) is 1.03. The Bertz CT molecular complexity index is 299.